The van der Waals surface area contributed by atoms with Crippen LogP contribution in [0.15, 0.2) is 73.3 Å². The molecule has 0 saturated carbocycles. The summed E-state index contributed by atoms with van der Waals surface area (Å²) in [5.74, 6) is 0.547. The smallest absolute Gasteiger partial charge is 0.338 e. The Morgan fingerprint density at radius 2 is 1.27 bits per heavy atom. The number of aromatic nitrogens is 4. The first-order valence-electron chi connectivity index (χ1n) is 13.3. The first-order valence-corrected chi connectivity index (χ1v) is 13.7. The first kappa shape index (κ1) is 35.6. The van der Waals surface area contributed by atoms with E-state index in [4.69, 9.17) is 27.9 Å². The van der Waals surface area contributed by atoms with Crippen molar-refractivity contribution in [3.05, 3.63) is 101 Å². The highest BCUT2D eigenvalue weighted by atomic mass is 35.5. The van der Waals surface area contributed by atoms with Crippen molar-refractivity contribution in [1.82, 2.24) is 19.9 Å². The van der Waals surface area contributed by atoms with Crippen LogP contribution in [-0.2, 0) is 20.3 Å². The van der Waals surface area contributed by atoms with Crippen molar-refractivity contribution in [3.8, 4) is 12.1 Å². The number of methoxy groups -OCH3 is 2. The van der Waals surface area contributed by atoms with Gasteiger partial charge in [0.15, 0.2) is 0 Å². The predicted molar refractivity (Wildman–Crippen MR) is 170 cm³/mol. The van der Waals surface area contributed by atoms with E-state index in [1.54, 1.807) is 42.7 Å². The molecule has 3 N–H and O–H groups in total. The molecule has 0 bridgehead atoms. The molecule has 0 aliphatic heterocycles. The van der Waals surface area contributed by atoms with Crippen molar-refractivity contribution >= 4 is 41.0 Å². The van der Waals surface area contributed by atoms with Gasteiger partial charge in [-0.15, -0.1) is 0 Å². The number of carbonyl (C=O) groups is 2. The highest BCUT2D eigenvalue weighted by Gasteiger charge is 2.20. The van der Waals surface area contributed by atoms with E-state index in [9.17, 15) is 9.59 Å². The van der Waals surface area contributed by atoms with Gasteiger partial charge in [-0.2, -0.15) is 10.5 Å². The average molecular weight is 629 g/mol. The Hall–Kier alpha value is -5.59. The van der Waals surface area contributed by atoms with E-state index in [2.05, 4.69) is 46.9 Å². The Kier molecular flexibility index (Phi) is 12.9. The normalized spacial score (nSPS) is 10.3. The van der Waals surface area contributed by atoms with Gasteiger partial charge in [-0.3, -0.25) is 0 Å². The molecule has 13 heteroatoms. The number of nitrogen functional groups attached to an aromatic ring is 1. The minimum atomic E-state index is -0.589. The number of nitrogens with two attached hydrogens (primary N) is 1. The number of rotatable bonds is 6. The molecule has 0 fully saturated rings. The fourth-order valence-corrected chi connectivity index (χ4v) is 3.39. The number of ether oxygens (including phenoxy) is 2. The van der Waals surface area contributed by atoms with Gasteiger partial charge in [0.1, 0.15) is 22.6 Å². The molecule has 0 spiro atoms. The minimum absolute atomic E-state index is 0.313. The SMILES string of the molecule is CC(C)(C#N)c1ccc(Cl)nc1.COC(=O)c1ccnc(N)c1.COC(=O)c1ccnc(Nc2ccc(C(C)(C)C#N)cn2)c1. The van der Waals surface area contributed by atoms with E-state index >= 15 is 0 Å². The second-order valence-electron chi connectivity index (χ2n) is 10.3. The monoisotopic (exact) mass is 628 g/mol. The number of nitrogens with zero attached hydrogens (tertiary/aromatic N) is 6. The molecule has 4 aromatic heterocycles. The summed E-state index contributed by atoms with van der Waals surface area (Å²) in [6, 6.07) is 17.7. The van der Waals surface area contributed by atoms with Crippen molar-refractivity contribution in [2.45, 2.75) is 38.5 Å². The van der Waals surface area contributed by atoms with E-state index < -0.39 is 22.8 Å². The quantitative estimate of drug-likeness (QED) is 0.193. The third-order valence-corrected chi connectivity index (χ3v) is 6.36. The molecule has 4 aromatic rings. The lowest BCUT2D eigenvalue weighted by Gasteiger charge is -2.15. The molecule has 0 aliphatic rings. The van der Waals surface area contributed by atoms with Crippen LogP contribution in [0.25, 0.3) is 0 Å². The summed E-state index contributed by atoms with van der Waals surface area (Å²) >= 11 is 5.61. The summed E-state index contributed by atoms with van der Waals surface area (Å²) in [5, 5.41) is 21.4. The van der Waals surface area contributed by atoms with Crippen LogP contribution in [0, 0.1) is 22.7 Å². The number of anilines is 3. The Bertz CT molecular complexity index is 1680. The second-order valence-corrected chi connectivity index (χ2v) is 10.7. The molecule has 4 heterocycles. The van der Waals surface area contributed by atoms with Crippen LogP contribution in [0.5, 0.6) is 0 Å². The highest BCUT2D eigenvalue weighted by molar-refractivity contribution is 6.29. The van der Waals surface area contributed by atoms with Crippen LogP contribution >= 0.6 is 11.6 Å². The van der Waals surface area contributed by atoms with Gasteiger partial charge in [0.25, 0.3) is 0 Å². The van der Waals surface area contributed by atoms with Crippen molar-refractivity contribution in [3.63, 3.8) is 0 Å². The molecule has 45 heavy (non-hydrogen) atoms. The van der Waals surface area contributed by atoms with Gasteiger partial charge in [0, 0.05) is 24.8 Å². The third-order valence-electron chi connectivity index (χ3n) is 6.13. The predicted octanol–water partition coefficient (Wildman–Crippen LogP) is 5.79. The molecule has 232 valence electrons. The van der Waals surface area contributed by atoms with Crippen molar-refractivity contribution in [1.29, 1.82) is 10.5 Å². The van der Waals surface area contributed by atoms with Crippen molar-refractivity contribution < 1.29 is 19.1 Å². The molecule has 0 atom stereocenters. The molecule has 12 nitrogen and oxygen atoms in total. The summed E-state index contributed by atoms with van der Waals surface area (Å²) < 4.78 is 9.14. The molecular weight excluding hydrogens is 596 g/mol. The lowest BCUT2D eigenvalue weighted by molar-refractivity contribution is 0.0592. The number of carbonyl (C=O) groups excluding carboxylic acids is 2. The maximum atomic E-state index is 11.5. The van der Waals surface area contributed by atoms with Gasteiger partial charge < -0.3 is 20.5 Å². The van der Waals surface area contributed by atoms with E-state index in [1.807, 2.05) is 39.8 Å². The fourth-order valence-electron chi connectivity index (χ4n) is 3.28. The van der Waals surface area contributed by atoms with Crippen LogP contribution in [0.1, 0.15) is 59.5 Å². The number of hydrogen-bond acceptors (Lipinski definition) is 12. The Morgan fingerprint density at radius 1 is 0.756 bits per heavy atom. The van der Waals surface area contributed by atoms with Crippen LogP contribution in [0.4, 0.5) is 17.5 Å². The van der Waals surface area contributed by atoms with Crippen LogP contribution in [0.3, 0.4) is 0 Å². The molecule has 0 aliphatic carbocycles. The van der Waals surface area contributed by atoms with Crippen molar-refractivity contribution in [2.24, 2.45) is 0 Å². The van der Waals surface area contributed by atoms with E-state index in [0.717, 1.165) is 11.1 Å². The summed E-state index contributed by atoms with van der Waals surface area (Å²) in [5.41, 5.74) is 6.79. The minimum Gasteiger partial charge on any atom is -0.465 e. The standard InChI is InChI=1S/C16H16N4O2.C9H9ClN2.C7H8N2O2/c1-16(2,10-17)12-4-5-13(19-9-12)20-14-8-11(6-7-18-14)15(21)22-3;1-9(2,6-11)7-3-4-8(10)12-5-7;1-11-7(10)5-2-3-9-6(8)4-5/h4-9H,1-3H3,(H,18,19,20);3-5H,1-2H3;2-4H,1H3,(H2,8,9). The maximum Gasteiger partial charge on any atom is 0.338 e. The molecule has 0 saturated heterocycles. The first-order chi connectivity index (χ1) is 21.3. The summed E-state index contributed by atoms with van der Waals surface area (Å²) in [6.07, 6.45) is 6.25. The summed E-state index contributed by atoms with van der Waals surface area (Å²) in [7, 11) is 2.64. The topological polar surface area (TPSA) is 190 Å². The average Bonchev–Trinajstić information content (AvgIpc) is 3.05. The number of nitriles is 2. The maximum absolute atomic E-state index is 11.5. The number of pyridine rings is 4. The largest absolute Gasteiger partial charge is 0.465 e. The Morgan fingerprint density at radius 3 is 1.71 bits per heavy atom. The molecule has 0 amide bonds. The fraction of sp³-hybridized carbons (Fsp3) is 0.250. The van der Waals surface area contributed by atoms with Crippen LogP contribution in [0.2, 0.25) is 5.15 Å². The lowest BCUT2D eigenvalue weighted by Crippen LogP contribution is -2.14. The number of halogens is 1. The number of esters is 2. The summed E-state index contributed by atoms with van der Waals surface area (Å²) in [6.45, 7) is 7.35. The lowest BCUT2D eigenvalue weighted by atomic mass is 9.88. The molecule has 0 aromatic carbocycles. The zero-order valence-electron chi connectivity index (χ0n) is 25.7. The third kappa shape index (κ3) is 10.9. The Balaban J connectivity index is 0.000000259. The zero-order chi connectivity index (χ0) is 33.6. The number of nitrogens with one attached hydrogen (secondary N) is 1. The second kappa shape index (κ2) is 16.3. The van der Waals surface area contributed by atoms with Gasteiger partial charge in [0.05, 0.1) is 48.3 Å². The van der Waals surface area contributed by atoms with Crippen molar-refractivity contribution in [2.75, 3.05) is 25.3 Å². The van der Waals surface area contributed by atoms with Gasteiger partial charge in [-0.25, -0.2) is 29.5 Å². The van der Waals surface area contributed by atoms with E-state index in [0.29, 0.717) is 33.7 Å². The van der Waals surface area contributed by atoms with Gasteiger partial charge >= 0.3 is 11.9 Å². The molecular formula is C32H33ClN8O4. The summed E-state index contributed by atoms with van der Waals surface area (Å²) in [4.78, 5) is 38.4. The zero-order valence-corrected chi connectivity index (χ0v) is 26.5. The van der Waals surface area contributed by atoms with Crippen LogP contribution in [-0.4, -0.2) is 46.1 Å². The Labute approximate surface area is 266 Å². The van der Waals surface area contributed by atoms with E-state index in [-0.39, 0.29) is 0 Å². The molecule has 0 radical (unpaired) electrons. The highest BCUT2D eigenvalue weighted by Crippen LogP contribution is 2.23. The van der Waals surface area contributed by atoms with Gasteiger partial charge in [-0.1, -0.05) is 23.7 Å². The van der Waals surface area contributed by atoms with Crippen LogP contribution < -0.4 is 11.1 Å². The molecule has 0 unspecified atom stereocenters. The number of hydrogen-bond donors (Lipinski definition) is 2. The van der Waals surface area contributed by atoms with Gasteiger partial charge in [-0.05, 0) is 75.2 Å². The molecule has 4 rings (SSSR count). The van der Waals surface area contributed by atoms with E-state index in [1.165, 1.54) is 32.7 Å². The van der Waals surface area contributed by atoms with Gasteiger partial charge in [0.2, 0.25) is 0 Å².